The van der Waals surface area contributed by atoms with E-state index >= 15 is 0 Å². The van der Waals surface area contributed by atoms with Crippen molar-refractivity contribution in [1.82, 2.24) is 15.1 Å². The number of rotatable bonds is 1. The number of para-hydroxylation sites is 1. The molecular formula is C28H32N6O3. The van der Waals surface area contributed by atoms with Crippen LogP contribution in [-0.4, -0.2) is 78.3 Å². The number of nitrogens with zero attached hydrogens (tertiary/aromatic N) is 4. The van der Waals surface area contributed by atoms with Crippen LogP contribution in [-0.2, 0) is 0 Å². The quantitative estimate of drug-likeness (QED) is 0.625. The molecule has 6 rings (SSSR count). The van der Waals surface area contributed by atoms with Gasteiger partial charge in [0.1, 0.15) is 0 Å². The van der Waals surface area contributed by atoms with Crippen molar-refractivity contribution in [1.29, 1.82) is 0 Å². The molecule has 192 valence electrons. The Kier molecular flexibility index (Phi) is 5.95. The van der Waals surface area contributed by atoms with Crippen molar-refractivity contribution in [3.8, 4) is 0 Å². The van der Waals surface area contributed by atoms with Gasteiger partial charge in [-0.1, -0.05) is 12.1 Å². The zero-order chi connectivity index (χ0) is 25.7. The Morgan fingerprint density at radius 2 is 1.84 bits per heavy atom. The van der Waals surface area contributed by atoms with Gasteiger partial charge in [-0.25, -0.2) is 0 Å². The van der Waals surface area contributed by atoms with Gasteiger partial charge in [0.25, 0.3) is 17.7 Å². The van der Waals surface area contributed by atoms with Gasteiger partial charge in [-0.2, -0.15) is 4.99 Å². The number of carbonyl (C=O) groups excluding carboxylic acids is 3. The predicted octanol–water partition coefficient (Wildman–Crippen LogP) is 2.95. The van der Waals surface area contributed by atoms with Gasteiger partial charge in [-0.15, -0.1) is 0 Å². The van der Waals surface area contributed by atoms with Crippen LogP contribution in [0.2, 0.25) is 0 Å². The summed E-state index contributed by atoms with van der Waals surface area (Å²) in [6.07, 6.45) is 3.55. The first-order chi connectivity index (χ1) is 17.9. The lowest BCUT2D eigenvalue weighted by Gasteiger charge is -2.33. The van der Waals surface area contributed by atoms with Crippen LogP contribution < -0.4 is 15.5 Å². The summed E-state index contributed by atoms with van der Waals surface area (Å²) in [6, 6.07) is 13.0. The Morgan fingerprint density at radius 3 is 2.62 bits per heavy atom. The van der Waals surface area contributed by atoms with Crippen LogP contribution >= 0.6 is 0 Å². The molecule has 4 aliphatic heterocycles. The Balaban J connectivity index is 1.38. The number of carbonyl (C=O) groups is 3. The van der Waals surface area contributed by atoms with Crippen LogP contribution in [0.15, 0.2) is 47.5 Å². The van der Waals surface area contributed by atoms with Crippen molar-refractivity contribution in [2.24, 2.45) is 4.99 Å². The van der Waals surface area contributed by atoms with E-state index in [0.717, 1.165) is 50.1 Å². The predicted molar refractivity (Wildman–Crippen MR) is 142 cm³/mol. The summed E-state index contributed by atoms with van der Waals surface area (Å²) < 4.78 is 0. The summed E-state index contributed by atoms with van der Waals surface area (Å²) in [4.78, 5) is 50.4. The van der Waals surface area contributed by atoms with E-state index in [0.29, 0.717) is 35.2 Å². The van der Waals surface area contributed by atoms with Gasteiger partial charge in [-0.05, 0) is 70.0 Å². The molecule has 2 aromatic carbocycles. The molecule has 2 N–H and O–H groups in total. The minimum absolute atomic E-state index is 0.0135. The molecule has 0 unspecified atom stereocenters. The first-order valence-electron chi connectivity index (χ1n) is 13.1. The molecule has 3 atom stereocenters. The smallest absolute Gasteiger partial charge is 0.280 e. The fourth-order valence-corrected chi connectivity index (χ4v) is 6.10. The van der Waals surface area contributed by atoms with Crippen LogP contribution in [0.25, 0.3) is 0 Å². The maximum atomic E-state index is 13.9. The molecule has 3 amide bonds. The van der Waals surface area contributed by atoms with Gasteiger partial charge < -0.3 is 20.4 Å². The van der Waals surface area contributed by atoms with Gasteiger partial charge in [0.05, 0.1) is 16.9 Å². The molecule has 4 bridgehead atoms. The van der Waals surface area contributed by atoms with Crippen LogP contribution in [0.1, 0.15) is 63.7 Å². The van der Waals surface area contributed by atoms with E-state index < -0.39 is 5.91 Å². The molecule has 0 radical (unpaired) electrons. The highest BCUT2D eigenvalue weighted by Crippen LogP contribution is 2.40. The molecule has 2 fully saturated rings. The van der Waals surface area contributed by atoms with Crippen molar-refractivity contribution >= 4 is 35.1 Å². The highest BCUT2D eigenvalue weighted by atomic mass is 16.2. The van der Waals surface area contributed by atoms with Gasteiger partial charge in [0, 0.05) is 48.9 Å². The van der Waals surface area contributed by atoms with E-state index in [1.54, 1.807) is 24.3 Å². The molecule has 4 aliphatic rings. The molecule has 37 heavy (non-hydrogen) atoms. The van der Waals surface area contributed by atoms with Gasteiger partial charge in [0.2, 0.25) is 5.96 Å². The number of benzene rings is 2. The lowest BCUT2D eigenvalue weighted by molar-refractivity contribution is 0.0651. The van der Waals surface area contributed by atoms with Gasteiger partial charge >= 0.3 is 0 Å². The van der Waals surface area contributed by atoms with E-state index in [1.807, 2.05) is 28.0 Å². The molecule has 2 saturated heterocycles. The fourth-order valence-electron chi connectivity index (χ4n) is 6.10. The Bertz CT molecular complexity index is 1300. The minimum Gasteiger partial charge on any atom is -0.352 e. The number of aliphatic imine (C=N–C) groups is 1. The summed E-state index contributed by atoms with van der Waals surface area (Å²) in [7, 11) is 2.12. The normalized spacial score (nSPS) is 27.1. The molecule has 9 nitrogen and oxygen atoms in total. The van der Waals surface area contributed by atoms with E-state index in [2.05, 4.69) is 34.5 Å². The Hall–Kier alpha value is -3.72. The van der Waals surface area contributed by atoms with Crippen LogP contribution in [0.4, 0.5) is 11.4 Å². The van der Waals surface area contributed by atoms with Crippen molar-refractivity contribution in [2.75, 3.05) is 36.9 Å². The highest BCUT2D eigenvalue weighted by Gasteiger charge is 2.45. The molecular weight excluding hydrogens is 468 g/mol. The van der Waals surface area contributed by atoms with Crippen LogP contribution in [0.5, 0.6) is 0 Å². The Morgan fingerprint density at radius 1 is 1.03 bits per heavy atom. The number of piperazine rings is 1. The molecule has 0 saturated carbocycles. The van der Waals surface area contributed by atoms with Crippen molar-refractivity contribution in [3.05, 3.63) is 59.2 Å². The molecule has 0 aliphatic carbocycles. The lowest BCUT2D eigenvalue weighted by atomic mass is 10.0. The molecule has 4 heterocycles. The van der Waals surface area contributed by atoms with Crippen molar-refractivity contribution in [2.45, 2.75) is 50.7 Å². The second kappa shape index (κ2) is 9.30. The number of anilines is 2. The summed E-state index contributed by atoms with van der Waals surface area (Å²) in [5, 5.41) is 6.26. The first-order valence-corrected chi connectivity index (χ1v) is 13.1. The number of nitrogens with one attached hydrogen (secondary N) is 2. The average molecular weight is 501 g/mol. The number of likely N-dealkylation sites (tertiary alicyclic amines) is 2. The standard InChI is InChI=1S/C28H32N6O3/c1-17-7-3-4-12-29-25(35)18-8-5-9-19(13-18)26(36)31-28-30-23-11-6-10-22(24(23)34(17)28)27(37)33-16-20-14-21(33)15-32(20)2/h5-6,8-11,13,17,20-21H,3-4,7,12,14-16H2,1-2H3,(H,29,35)(H,30,31,36)/t17-,20-,21-/m1/s1. The van der Waals surface area contributed by atoms with E-state index in [1.165, 1.54) is 0 Å². The second-order valence-electron chi connectivity index (χ2n) is 10.6. The van der Waals surface area contributed by atoms with Crippen molar-refractivity contribution < 1.29 is 14.4 Å². The number of hydrogen-bond acceptors (Lipinski definition) is 6. The zero-order valence-electron chi connectivity index (χ0n) is 21.2. The van der Waals surface area contributed by atoms with Gasteiger partial charge in [0.15, 0.2) is 0 Å². The van der Waals surface area contributed by atoms with E-state index in [-0.39, 0.29) is 23.9 Å². The third-order valence-corrected chi connectivity index (χ3v) is 8.11. The fraction of sp³-hybridized carbons (Fsp3) is 0.429. The SMILES string of the molecule is C[C@@H]1CCCCNC(=O)c2cccc(c2)C(=O)/N=C2\Nc3cccc(C(=O)N4C[C@H]5C[C@@H]4CN5C)c3N21. The molecule has 2 aromatic rings. The summed E-state index contributed by atoms with van der Waals surface area (Å²) in [6.45, 7) is 4.31. The third-order valence-electron chi connectivity index (χ3n) is 8.11. The third kappa shape index (κ3) is 4.17. The summed E-state index contributed by atoms with van der Waals surface area (Å²) >= 11 is 0. The number of guanidine groups is 1. The minimum atomic E-state index is -0.438. The van der Waals surface area contributed by atoms with E-state index in [4.69, 9.17) is 0 Å². The number of amides is 3. The molecule has 0 spiro atoms. The largest absolute Gasteiger partial charge is 0.352 e. The number of hydrogen-bond donors (Lipinski definition) is 2. The summed E-state index contributed by atoms with van der Waals surface area (Å²) in [5.74, 6) is -0.173. The number of fused-ring (bicyclic) bond motifs is 7. The molecule has 0 aromatic heterocycles. The second-order valence-corrected chi connectivity index (χ2v) is 10.6. The van der Waals surface area contributed by atoms with Crippen LogP contribution in [0, 0.1) is 0 Å². The first kappa shape index (κ1) is 23.7. The van der Waals surface area contributed by atoms with E-state index in [9.17, 15) is 14.4 Å². The maximum Gasteiger partial charge on any atom is 0.280 e. The monoisotopic (exact) mass is 500 g/mol. The van der Waals surface area contributed by atoms with Gasteiger partial charge in [-0.3, -0.25) is 19.3 Å². The van der Waals surface area contributed by atoms with Crippen LogP contribution in [0.3, 0.4) is 0 Å². The highest BCUT2D eigenvalue weighted by molar-refractivity contribution is 6.22. The number of likely N-dealkylation sites (N-methyl/N-ethyl adjacent to an activating group) is 1. The zero-order valence-corrected chi connectivity index (χ0v) is 21.2. The average Bonchev–Trinajstić information content (AvgIpc) is 3.59. The summed E-state index contributed by atoms with van der Waals surface area (Å²) in [5.41, 5.74) is 2.99. The molecule has 9 heteroatoms. The van der Waals surface area contributed by atoms with Crippen molar-refractivity contribution in [3.63, 3.8) is 0 Å². The topological polar surface area (TPSA) is 97.3 Å². The maximum absolute atomic E-state index is 13.9. The Labute approximate surface area is 216 Å². The lowest BCUT2D eigenvalue weighted by Crippen LogP contribution is -2.47.